The molecule has 1 fully saturated rings. The van der Waals surface area contributed by atoms with Gasteiger partial charge < -0.3 is 25.3 Å². The van der Waals surface area contributed by atoms with Gasteiger partial charge in [0.2, 0.25) is 0 Å². The van der Waals surface area contributed by atoms with Crippen LogP contribution in [0.1, 0.15) is 31.7 Å². The molecule has 2 aliphatic rings. The van der Waals surface area contributed by atoms with E-state index in [4.69, 9.17) is 9.57 Å². The molecule has 2 aromatic carbocycles. The Bertz CT molecular complexity index is 911. The molecule has 1 saturated heterocycles. The van der Waals surface area contributed by atoms with Crippen LogP contribution in [0, 0.1) is 12.8 Å². The number of aliphatic imine (C=N–C) groups is 1. The lowest BCUT2D eigenvalue weighted by atomic mass is 9.98. The maximum absolute atomic E-state index is 10.1. The van der Waals surface area contributed by atoms with E-state index in [-0.39, 0.29) is 6.61 Å². The number of allylic oxidation sites excluding steroid dienone is 1. The van der Waals surface area contributed by atoms with Crippen molar-refractivity contribution < 1.29 is 14.7 Å². The van der Waals surface area contributed by atoms with E-state index < -0.39 is 6.10 Å². The normalized spacial score (nSPS) is 18.4. The average Bonchev–Trinajstić information content (AvgIpc) is 3.45. The molecule has 36 heavy (non-hydrogen) atoms. The van der Waals surface area contributed by atoms with Gasteiger partial charge in [-0.1, -0.05) is 30.7 Å². The number of nitrogens with zero attached hydrogens (tertiary/aromatic N) is 2. The first-order chi connectivity index (χ1) is 17.6. The first kappa shape index (κ1) is 27.7. The summed E-state index contributed by atoms with van der Waals surface area (Å²) in [6, 6.07) is 16.4. The summed E-state index contributed by atoms with van der Waals surface area (Å²) in [4.78, 5) is 10.1. The summed E-state index contributed by atoms with van der Waals surface area (Å²) in [5.74, 6) is 2.27. The Balaban J connectivity index is 0.000000444. The van der Waals surface area contributed by atoms with Crippen LogP contribution in [0.25, 0.3) is 0 Å². The highest BCUT2D eigenvalue weighted by Crippen LogP contribution is 2.20. The quantitative estimate of drug-likeness (QED) is 0.428. The molecule has 0 spiro atoms. The van der Waals surface area contributed by atoms with Crippen molar-refractivity contribution in [2.24, 2.45) is 10.9 Å². The van der Waals surface area contributed by atoms with E-state index in [1.807, 2.05) is 60.8 Å². The summed E-state index contributed by atoms with van der Waals surface area (Å²) in [5.41, 5.74) is 2.27. The van der Waals surface area contributed by atoms with Crippen LogP contribution in [0.3, 0.4) is 0 Å². The first-order valence-corrected chi connectivity index (χ1v) is 13.0. The minimum Gasteiger partial charge on any atom is -0.491 e. The number of benzene rings is 2. The summed E-state index contributed by atoms with van der Waals surface area (Å²) in [7, 11) is 1.88. The van der Waals surface area contributed by atoms with E-state index in [2.05, 4.69) is 47.7 Å². The zero-order chi connectivity index (χ0) is 25.6. The highest BCUT2D eigenvalue weighted by Gasteiger charge is 2.20. The first-order valence-electron chi connectivity index (χ1n) is 13.0. The van der Waals surface area contributed by atoms with Crippen molar-refractivity contribution in [3.8, 4) is 11.5 Å². The monoisotopic (exact) mass is 494 g/mol. The third-order valence-corrected chi connectivity index (χ3v) is 6.34. The molecule has 0 aromatic heterocycles. The molecule has 196 valence electrons. The second kappa shape index (κ2) is 15.3. The molecule has 2 heterocycles. The Morgan fingerprint density at radius 3 is 2.33 bits per heavy atom. The van der Waals surface area contributed by atoms with Crippen LogP contribution in [0.5, 0.6) is 11.5 Å². The fraction of sp³-hybridized carbons (Fsp3) is 0.483. The lowest BCUT2D eigenvalue weighted by Gasteiger charge is -2.31. The van der Waals surface area contributed by atoms with Gasteiger partial charge in [-0.3, -0.25) is 4.99 Å². The van der Waals surface area contributed by atoms with Gasteiger partial charge in [0.25, 0.3) is 0 Å². The number of rotatable bonds is 11. The number of ether oxygens (including phenoxy) is 1. The summed E-state index contributed by atoms with van der Waals surface area (Å²) < 4.78 is 5.65. The number of hydroxylamine groups is 2. The van der Waals surface area contributed by atoms with E-state index in [9.17, 15) is 5.11 Å². The number of hydrogen-bond donors (Lipinski definition) is 3. The average molecular weight is 495 g/mol. The van der Waals surface area contributed by atoms with Crippen LogP contribution in [0.15, 0.2) is 65.7 Å². The van der Waals surface area contributed by atoms with Crippen LogP contribution in [-0.4, -0.2) is 68.4 Å². The van der Waals surface area contributed by atoms with Gasteiger partial charge in [-0.25, -0.2) is 0 Å². The number of piperidine rings is 1. The maximum Gasteiger partial charge on any atom is 0.147 e. The molecule has 2 aliphatic heterocycles. The van der Waals surface area contributed by atoms with Crippen molar-refractivity contribution in [1.29, 1.82) is 0 Å². The van der Waals surface area contributed by atoms with Gasteiger partial charge in [0, 0.05) is 38.6 Å². The van der Waals surface area contributed by atoms with E-state index in [1.54, 1.807) is 0 Å². The molecule has 2 atom stereocenters. The zero-order valence-corrected chi connectivity index (χ0v) is 21.9. The lowest BCUT2D eigenvalue weighted by Crippen LogP contribution is -2.40. The van der Waals surface area contributed by atoms with E-state index in [0.717, 1.165) is 56.1 Å². The standard InChI is InChI=1S/C23H33N3O3.C6H9N/c1-18-3-7-23(8-4-18)29-26-13-11-19(12-14-26)15-25-16-21(27)17-28-22-9-5-20(24-2)6-10-22;1-2-6-4-3-5-7-6/h3-10,19,21,24-25,27H,11-17H2,1-2H3;3-6H,2H2,1H3. The molecule has 0 aliphatic carbocycles. The van der Waals surface area contributed by atoms with Crippen molar-refractivity contribution >= 4 is 11.9 Å². The zero-order valence-electron chi connectivity index (χ0n) is 21.9. The molecule has 2 aromatic rings. The summed E-state index contributed by atoms with van der Waals surface area (Å²) in [6.07, 6.45) is 8.74. The number of hydrogen-bond acceptors (Lipinski definition) is 7. The third-order valence-electron chi connectivity index (χ3n) is 6.34. The summed E-state index contributed by atoms with van der Waals surface area (Å²) >= 11 is 0. The predicted molar refractivity (Wildman–Crippen MR) is 148 cm³/mol. The second-order valence-corrected chi connectivity index (χ2v) is 9.33. The number of nitrogens with one attached hydrogen (secondary N) is 2. The number of anilines is 1. The van der Waals surface area contributed by atoms with Crippen LogP contribution >= 0.6 is 0 Å². The molecule has 7 heteroatoms. The van der Waals surface area contributed by atoms with Crippen LogP contribution < -0.4 is 20.2 Å². The molecule has 3 N–H and O–H groups in total. The largest absolute Gasteiger partial charge is 0.491 e. The molecule has 0 amide bonds. The Morgan fingerprint density at radius 1 is 1.06 bits per heavy atom. The van der Waals surface area contributed by atoms with Gasteiger partial charge in [-0.05, 0) is 81.1 Å². The van der Waals surface area contributed by atoms with Gasteiger partial charge >= 0.3 is 0 Å². The third kappa shape index (κ3) is 10.0. The number of aliphatic hydroxyl groups is 1. The number of aryl methyl sites for hydroxylation is 1. The minimum absolute atomic E-state index is 0.286. The molecule has 0 bridgehead atoms. The fourth-order valence-electron chi connectivity index (χ4n) is 4.01. The highest BCUT2D eigenvalue weighted by atomic mass is 16.7. The van der Waals surface area contributed by atoms with Crippen LogP contribution in [0.4, 0.5) is 5.69 Å². The van der Waals surface area contributed by atoms with Crippen molar-refractivity contribution in [3.05, 3.63) is 66.2 Å². The summed E-state index contributed by atoms with van der Waals surface area (Å²) in [6.45, 7) is 7.79. The Kier molecular flexibility index (Phi) is 11.8. The van der Waals surface area contributed by atoms with Gasteiger partial charge in [0.15, 0.2) is 0 Å². The molecule has 0 saturated carbocycles. The van der Waals surface area contributed by atoms with Gasteiger partial charge in [0.1, 0.15) is 24.2 Å². The molecule has 4 rings (SSSR count). The second-order valence-electron chi connectivity index (χ2n) is 9.33. The predicted octanol–water partition coefficient (Wildman–Crippen LogP) is 4.48. The van der Waals surface area contributed by atoms with Crippen molar-refractivity contribution in [2.75, 3.05) is 45.2 Å². The lowest BCUT2D eigenvalue weighted by molar-refractivity contribution is -0.0815. The SMILES string of the molecule is CCC1C=CC=N1.CNc1ccc(OCC(O)CNCC2CCN(Oc3ccc(C)cc3)CC2)cc1. The van der Waals surface area contributed by atoms with E-state index in [1.165, 1.54) is 5.56 Å². The molecule has 2 unspecified atom stereocenters. The van der Waals surface area contributed by atoms with Gasteiger partial charge in [-0.15, -0.1) is 5.06 Å². The Morgan fingerprint density at radius 2 is 1.75 bits per heavy atom. The van der Waals surface area contributed by atoms with E-state index in [0.29, 0.717) is 18.5 Å². The molecular weight excluding hydrogens is 452 g/mol. The van der Waals surface area contributed by atoms with Crippen molar-refractivity contribution in [3.63, 3.8) is 0 Å². The van der Waals surface area contributed by atoms with Crippen LogP contribution in [0.2, 0.25) is 0 Å². The summed E-state index contributed by atoms with van der Waals surface area (Å²) in [5, 5.41) is 18.6. The van der Waals surface area contributed by atoms with Crippen LogP contribution in [-0.2, 0) is 0 Å². The maximum atomic E-state index is 10.1. The topological polar surface area (TPSA) is 78.4 Å². The number of aliphatic hydroxyl groups excluding tert-OH is 1. The van der Waals surface area contributed by atoms with Gasteiger partial charge in [0.05, 0.1) is 6.04 Å². The molecule has 7 nitrogen and oxygen atoms in total. The Hall–Kier alpha value is -2.87. The van der Waals surface area contributed by atoms with Crippen molar-refractivity contribution in [2.45, 2.75) is 45.3 Å². The molecule has 0 radical (unpaired) electrons. The van der Waals surface area contributed by atoms with Gasteiger partial charge in [-0.2, -0.15) is 0 Å². The van der Waals surface area contributed by atoms with Crippen molar-refractivity contribution in [1.82, 2.24) is 10.4 Å². The minimum atomic E-state index is -0.524. The highest BCUT2D eigenvalue weighted by molar-refractivity contribution is 5.74. The molecular formula is C29H42N4O3. The van der Waals surface area contributed by atoms with E-state index >= 15 is 0 Å². The fourth-order valence-corrected chi connectivity index (χ4v) is 4.01. The Labute approximate surface area is 216 Å². The smallest absolute Gasteiger partial charge is 0.147 e.